The third-order valence-electron chi connectivity index (χ3n) is 6.86. The first-order valence-corrected chi connectivity index (χ1v) is 17.0. The highest BCUT2D eigenvalue weighted by molar-refractivity contribution is 7.86. The van der Waals surface area contributed by atoms with E-state index in [-0.39, 0.29) is 12.3 Å². The number of aryl methyl sites for hydroxylation is 4. The molecule has 2 heterocycles. The molecule has 0 bridgehead atoms. The zero-order chi connectivity index (χ0) is 29.2. The Balaban J connectivity index is 1.73. The molecule has 1 aromatic heterocycles. The van der Waals surface area contributed by atoms with Crippen LogP contribution < -0.4 is 14.2 Å². The van der Waals surface area contributed by atoms with Crippen LogP contribution in [0.1, 0.15) is 47.9 Å². The van der Waals surface area contributed by atoms with E-state index in [4.69, 9.17) is 9.29 Å². The number of unbranched alkanes of at least 4 members (excludes halogenated alkanes) is 1. The van der Waals surface area contributed by atoms with E-state index in [9.17, 15) is 21.4 Å². The van der Waals surface area contributed by atoms with Crippen LogP contribution in [0.25, 0.3) is 16.3 Å². The van der Waals surface area contributed by atoms with Crippen molar-refractivity contribution in [2.75, 3.05) is 23.0 Å². The van der Waals surface area contributed by atoms with Crippen molar-refractivity contribution in [3.05, 3.63) is 69.6 Å². The molecule has 0 radical (unpaired) electrons. The molecule has 0 fully saturated rings. The highest BCUT2D eigenvalue weighted by atomic mass is 32.2. The summed E-state index contributed by atoms with van der Waals surface area (Å²) < 4.78 is 75.2. The number of nitrogens with zero attached hydrogens (tertiary/aromatic N) is 2. The second kappa shape index (κ2) is 12.0. The quantitative estimate of drug-likeness (QED) is 0.186. The van der Waals surface area contributed by atoms with Crippen molar-refractivity contribution >= 4 is 53.6 Å². The number of fused-ring (bicyclic) bond motifs is 2. The number of allylic oxidation sites excluding steroid dienone is 2. The highest BCUT2D eigenvalue weighted by Crippen LogP contribution is 2.40. The Morgan fingerprint density at radius 2 is 1.80 bits per heavy atom. The van der Waals surface area contributed by atoms with Crippen LogP contribution in [0.4, 0.5) is 5.69 Å². The second-order valence-electron chi connectivity index (χ2n) is 10.0. The van der Waals surface area contributed by atoms with Crippen LogP contribution in [0.2, 0.25) is 0 Å². The van der Waals surface area contributed by atoms with Crippen molar-refractivity contribution in [2.45, 2.75) is 53.5 Å². The maximum Gasteiger partial charge on any atom is 0.264 e. The molecule has 2 aromatic carbocycles. The molecule has 0 aliphatic carbocycles. The van der Waals surface area contributed by atoms with Crippen molar-refractivity contribution in [1.82, 2.24) is 0 Å². The highest BCUT2D eigenvalue weighted by Gasteiger charge is 2.27. The topological polar surface area (TPSA) is 128 Å². The van der Waals surface area contributed by atoms with Crippen LogP contribution in [0, 0.1) is 20.8 Å². The third kappa shape index (κ3) is 7.49. The van der Waals surface area contributed by atoms with Crippen molar-refractivity contribution in [1.29, 1.82) is 0 Å². The van der Waals surface area contributed by atoms with E-state index in [2.05, 4.69) is 36.6 Å². The summed E-state index contributed by atoms with van der Waals surface area (Å²) in [6, 6.07) is 9.93. The molecule has 216 valence electrons. The summed E-state index contributed by atoms with van der Waals surface area (Å²) in [6.07, 6.45) is 5.50. The van der Waals surface area contributed by atoms with Gasteiger partial charge >= 0.3 is 0 Å². The average Bonchev–Trinajstić information content (AvgIpc) is 3.35. The maximum absolute atomic E-state index is 11.4. The van der Waals surface area contributed by atoms with Gasteiger partial charge in [-0.2, -0.15) is 13.0 Å². The summed E-state index contributed by atoms with van der Waals surface area (Å²) in [7, 11) is -8.44. The fraction of sp³-hybridized carbons (Fsp3) is 0.393. The van der Waals surface area contributed by atoms with Gasteiger partial charge in [0.05, 0.1) is 27.3 Å². The van der Waals surface area contributed by atoms with Gasteiger partial charge in [-0.3, -0.25) is 4.55 Å². The summed E-state index contributed by atoms with van der Waals surface area (Å²) in [5, 5.41) is 0.973. The van der Waals surface area contributed by atoms with Gasteiger partial charge in [-0.1, -0.05) is 24.3 Å². The molecule has 0 amide bonds. The van der Waals surface area contributed by atoms with Gasteiger partial charge in [0.15, 0.2) is 12.3 Å². The summed E-state index contributed by atoms with van der Waals surface area (Å²) in [4.78, 5) is 1.72. The number of rotatable bonds is 11. The van der Waals surface area contributed by atoms with Crippen LogP contribution in [-0.4, -0.2) is 44.0 Å². The molecule has 1 N–H and O–H groups in total. The van der Waals surface area contributed by atoms with Gasteiger partial charge in [0.25, 0.3) is 15.1 Å². The minimum absolute atomic E-state index is 0.0275. The lowest BCUT2D eigenvalue weighted by Gasteiger charge is -2.20. The number of benzene rings is 2. The number of ether oxygens (including phenoxy) is 1. The lowest BCUT2D eigenvalue weighted by Crippen LogP contribution is -2.35. The molecule has 12 heteroatoms. The van der Waals surface area contributed by atoms with Gasteiger partial charge < -0.3 is 14.2 Å². The van der Waals surface area contributed by atoms with Gasteiger partial charge in [0, 0.05) is 31.2 Å². The third-order valence-corrected chi connectivity index (χ3v) is 9.44. The fourth-order valence-corrected chi connectivity index (χ4v) is 6.78. The zero-order valence-corrected chi connectivity index (χ0v) is 25.5. The molecule has 3 aromatic rings. The van der Waals surface area contributed by atoms with Crippen LogP contribution in [0.15, 0.2) is 47.9 Å². The van der Waals surface area contributed by atoms with Crippen molar-refractivity contribution in [2.24, 2.45) is 0 Å². The van der Waals surface area contributed by atoms with Crippen molar-refractivity contribution in [3.63, 3.8) is 0 Å². The predicted octanol–water partition coefficient (Wildman–Crippen LogP) is 4.86. The van der Waals surface area contributed by atoms with Gasteiger partial charge in [0.1, 0.15) is 4.70 Å². The number of hydrogen-bond donors (Lipinski definition) is 1. The van der Waals surface area contributed by atoms with Gasteiger partial charge in [-0.05, 0) is 74.1 Å². The summed E-state index contributed by atoms with van der Waals surface area (Å²) in [5.41, 5.74) is 6.01. The number of anilines is 1. The minimum Gasteiger partial charge on any atom is -0.748 e. The monoisotopic (exact) mass is 606 g/mol. The predicted molar refractivity (Wildman–Crippen MR) is 157 cm³/mol. The Morgan fingerprint density at radius 3 is 2.48 bits per heavy atom. The smallest absolute Gasteiger partial charge is 0.264 e. The summed E-state index contributed by atoms with van der Waals surface area (Å²) in [6.45, 7) is 8.61. The van der Waals surface area contributed by atoms with Crippen LogP contribution in [0.5, 0.6) is 5.75 Å². The molecule has 0 saturated carbocycles. The fourth-order valence-electron chi connectivity index (χ4n) is 4.56. The Morgan fingerprint density at radius 1 is 1.07 bits per heavy atom. The van der Waals surface area contributed by atoms with Crippen LogP contribution in [0.3, 0.4) is 0 Å². The number of aromatic nitrogens is 1. The zero-order valence-electron chi connectivity index (χ0n) is 23.0. The summed E-state index contributed by atoms with van der Waals surface area (Å²) >= 11 is 1.63. The molecule has 0 saturated heterocycles. The lowest BCUT2D eigenvalue weighted by molar-refractivity contribution is -0.669. The van der Waals surface area contributed by atoms with Gasteiger partial charge in [-0.15, -0.1) is 0 Å². The molecule has 0 spiro atoms. The SMILES string of the molecule is CC/C(C=C1Oc2ccc(C)cc2N1CCS(=O)(=O)[O-])=C\c1sc2cc(C)c(C)cc2[n+]1CCCCS(=O)(=O)O. The van der Waals surface area contributed by atoms with E-state index in [0.29, 0.717) is 43.1 Å². The van der Waals surface area contributed by atoms with Crippen molar-refractivity contribution in [3.8, 4) is 5.75 Å². The molecule has 1 aliphatic heterocycles. The Hall–Kier alpha value is -2.77. The van der Waals surface area contributed by atoms with Gasteiger partial charge in [0.2, 0.25) is 11.4 Å². The molecule has 40 heavy (non-hydrogen) atoms. The van der Waals surface area contributed by atoms with E-state index < -0.39 is 26.0 Å². The van der Waals surface area contributed by atoms with E-state index >= 15 is 0 Å². The maximum atomic E-state index is 11.4. The van der Waals surface area contributed by atoms with E-state index in [0.717, 1.165) is 31.9 Å². The molecule has 1 aliphatic rings. The molecule has 0 unspecified atom stereocenters. The minimum atomic E-state index is -4.42. The molecule has 0 atom stereocenters. The van der Waals surface area contributed by atoms with Gasteiger partial charge in [-0.25, -0.2) is 8.42 Å². The standard InChI is InChI=1S/C28H34N2O7S3/c1-5-22(17-27-29(11-13-40(34,35)36)23-14-19(2)8-9-25(23)37-27)18-28-30(10-6-7-12-39(31,32)33)24-15-20(3)21(4)16-26(24)38-28/h8-9,14-18H,5-7,10-13H2,1-4H3,(H-,31,32,33,34,35,36). The van der Waals surface area contributed by atoms with Crippen molar-refractivity contribution < 1.29 is 35.2 Å². The molecular weight excluding hydrogens is 573 g/mol. The molecular formula is C28H34N2O7S3. The first-order valence-electron chi connectivity index (χ1n) is 13.0. The Bertz CT molecular complexity index is 1700. The Kier molecular flexibility index (Phi) is 9.05. The molecule has 4 rings (SSSR count). The average molecular weight is 607 g/mol. The van der Waals surface area contributed by atoms with E-state index in [1.165, 1.54) is 5.56 Å². The summed E-state index contributed by atoms with van der Waals surface area (Å²) in [5.74, 6) is 0.213. The number of thiazole rings is 1. The largest absolute Gasteiger partial charge is 0.748 e. The van der Waals surface area contributed by atoms with E-state index in [1.54, 1.807) is 16.2 Å². The van der Waals surface area contributed by atoms with Crippen LogP contribution in [-0.2, 0) is 26.8 Å². The van der Waals surface area contributed by atoms with Crippen LogP contribution >= 0.6 is 11.3 Å². The molecule has 9 nitrogen and oxygen atoms in total. The first kappa shape index (κ1) is 30.2. The normalized spacial score (nSPS) is 15.2. The first-order chi connectivity index (χ1) is 18.7. The lowest BCUT2D eigenvalue weighted by atomic mass is 10.1. The van der Waals surface area contributed by atoms with E-state index in [1.807, 2.05) is 38.1 Å². The number of hydrogen-bond acceptors (Lipinski definition) is 8. The second-order valence-corrected chi connectivity index (χ2v) is 14.2. The Labute approximate surface area is 239 Å².